The van der Waals surface area contributed by atoms with Crippen LogP contribution in [0.25, 0.3) is 0 Å². The molecule has 132 valence electrons. The number of halogens is 1. The first-order valence-corrected chi connectivity index (χ1v) is 8.74. The van der Waals surface area contributed by atoms with Gasteiger partial charge in [-0.05, 0) is 54.4 Å². The summed E-state index contributed by atoms with van der Waals surface area (Å²) in [5.41, 5.74) is 2.79. The first-order chi connectivity index (χ1) is 11.9. The smallest absolute Gasteiger partial charge is 0.264 e. The second-order valence-corrected chi connectivity index (χ2v) is 6.79. The SMILES string of the molecule is Cc1ccc(Cl)cc1NC(=S)NC(=O)COc1ccccc1C(C)C. The summed E-state index contributed by atoms with van der Waals surface area (Å²) in [5.74, 6) is 0.695. The fraction of sp³-hybridized carbons (Fsp3) is 0.263. The summed E-state index contributed by atoms with van der Waals surface area (Å²) in [5, 5.41) is 6.37. The van der Waals surface area contributed by atoms with Crippen LogP contribution < -0.4 is 15.4 Å². The minimum absolute atomic E-state index is 0.111. The van der Waals surface area contributed by atoms with Crippen molar-refractivity contribution in [3.8, 4) is 5.75 Å². The van der Waals surface area contributed by atoms with E-state index in [1.807, 2.05) is 37.3 Å². The molecule has 2 aromatic rings. The molecule has 0 aliphatic rings. The van der Waals surface area contributed by atoms with Crippen molar-refractivity contribution < 1.29 is 9.53 Å². The predicted octanol–water partition coefficient (Wildman–Crippen LogP) is 4.66. The van der Waals surface area contributed by atoms with E-state index in [1.165, 1.54) is 0 Å². The van der Waals surface area contributed by atoms with Gasteiger partial charge in [-0.3, -0.25) is 10.1 Å². The number of rotatable bonds is 5. The van der Waals surface area contributed by atoms with Gasteiger partial charge in [-0.1, -0.05) is 49.7 Å². The molecule has 0 saturated carbocycles. The maximum absolute atomic E-state index is 12.1. The standard InChI is InChI=1S/C19H21ClN2O2S/c1-12(2)15-6-4-5-7-17(15)24-11-18(23)22-19(25)21-16-10-14(20)9-8-13(16)3/h4-10,12H,11H2,1-3H3,(H2,21,22,23,25). The van der Waals surface area contributed by atoms with Gasteiger partial charge in [0.2, 0.25) is 0 Å². The molecule has 0 aliphatic carbocycles. The second-order valence-electron chi connectivity index (χ2n) is 5.94. The number of carbonyl (C=O) groups is 1. The summed E-state index contributed by atoms with van der Waals surface area (Å²) in [6.07, 6.45) is 0. The van der Waals surface area contributed by atoms with E-state index in [0.717, 1.165) is 16.8 Å². The molecule has 1 amide bonds. The Morgan fingerprint density at radius 2 is 1.96 bits per heavy atom. The van der Waals surface area contributed by atoms with Gasteiger partial charge in [0, 0.05) is 10.7 Å². The molecule has 0 aromatic heterocycles. The second kappa shape index (κ2) is 8.83. The first kappa shape index (κ1) is 19.2. The third-order valence-corrected chi connectivity index (χ3v) is 4.04. The van der Waals surface area contributed by atoms with Crippen LogP contribution in [-0.4, -0.2) is 17.6 Å². The van der Waals surface area contributed by atoms with E-state index < -0.39 is 0 Å². The quantitative estimate of drug-likeness (QED) is 0.745. The highest BCUT2D eigenvalue weighted by atomic mass is 35.5. The van der Waals surface area contributed by atoms with Crippen molar-refractivity contribution in [1.29, 1.82) is 0 Å². The van der Waals surface area contributed by atoms with Gasteiger partial charge in [0.1, 0.15) is 5.75 Å². The van der Waals surface area contributed by atoms with Crippen molar-refractivity contribution in [2.45, 2.75) is 26.7 Å². The van der Waals surface area contributed by atoms with Gasteiger partial charge in [0.05, 0.1) is 0 Å². The Balaban J connectivity index is 1.90. The number of thiocarbonyl (C=S) groups is 1. The number of para-hydroxylation sites is 1. The van der Waals surface area contributed by atoms with Crippen LogP contribution in [-0.2, 0) is 4.79 Å². The van der Waals surface area contributed by atoms with Crippen LogP contribution in [0.3, 0.4) is 0 Å². The molecule has 2 aromatic carbocycles. The molecule has 0 aliphatic heterocycles. The lowest BCUT2D eigenvalue weighted by molar-refractivity contribution is -0.121. The maximum atomic E-state index is 12.1. The van der Waals surface area contributed by atoms with Crippen molar-refractivity contribution in [2.75, 3.05) is 11.9 Å². The maximum Gasteiger partial charge on any atom is 0.264 e. The van der Waals surface area contributed by atoms with E-state index in [4.69, 9.17) is 28.6 Å². The Morgan fingerprint density at radius 3 is 2.68 bits per heavy atom. The van der Waals surface area contributed by atoms with Crippen LogP contribution in [0.15, 0.2) is 42.5 Å². The van der Waals surface area contributed by atoms with Gasteiger partial charge in [-0.25, -0.2) is 0 Å². The molecule has 2 N–H and O–H groups in total. The van der Waals surface area contributed by atoms with E-state index in [-0.39, 0.29) is 17.6 Å². The van der Waals surface area contributed by atoms with Crippen LogP contribution in [0.4, 0.5) is 5.69 Å². The highest BCUT2D eigenvalue weighted by Crippen LogP contribution is 2.25. The van der Waals surface area contributed by atoms with E-state index in [9.17, 15) is 4.79 Å². The van der Waals surface area contributed by atoms with Crippen LogP contribution >= 0.6 is 23.8 Å². The molecule has 0 bridgehead atoms. The number of benzene rings is 2. The van der Waals surface area contributed by atoms with E-state index in [1.54, 1.807) is 12.1 Å². The molecule has 0 saturated heterocycles. The van der Waals surface area contributed by atoms with Crippen LogP contribution in [0.1, 0.15) is 30.9 Å². The third kappa shape index (κ3) is 5.73. The molecule has 0 atom stereocenters. The number of ether oxygens (including phenoxy) is 1. The average Bonchev–Trinajstić information content (AvgIpc) is 2.56. The molecular formula is C19H21ClN2O2S. The topological polar surface area (TPSA) is 50.4 Å². The largest absolute Gasteiger partial charge is 0.483 e. The summed E-state index contributed by atoms with van der Waals surface area (Å²) < 4.78 is 5.63. The Labute approximate surface area is 158 Å². The molecule has 25 heavy (non-hydrogen) atoms. The normalized spacial score (nSPS) is 10.4. The lowest BCUT2D eigenvalue weighted by atomic mass is 10.0. The van der Waals surface area contributed by atoms with E-state index in [2.05, 4.69) is 24.5 Å². The predicted molar refractivity (Wildman–Crippen MR) is 107 cm³/mol. The molecule has 0 heterocycles. The zero-order valence-electron chi connectivity index (χ0n) is 14.4. The number of nitrogens with one attached hydrogen (secondary N) is 2. The van der Waals surface area contributed by atoms with Crippen molar-refractivity contribution in [2.24, 2.45) is 0 Å². The molecular weight excluding hydrogens is 356 g/mol. The Morgan fingerprint density at radius 1 is 1.24 bits per heavy atom. The lowest BCUT2D eigenvalue weighted by Gasteiger charge is -2.15. The molecule has 0 spiro atoms. The Bertz CT molecular complexity index is 778. The molecule has 4 nitrogen and oxygen atoms in total. The van der Waals surface area contributed by atoms with Gasteiger partial charge in [-0.15, -0.1) is 0 Å². The molecule has 0 unspecified atom stereocenters. The van der Waals surface area contributed by atoms with Crippen molar-refractivity contribution in [1.82, 2.24) is 5.32 Å². The minimum atomic E-state index is -0.323. The Kier molecular flexibility index (Phi) is 6.79. The van der Waals surface area contributed by atoms with Gasteiger partial charge >= 0.3 is 0 Å². The number of hydrogen-bond acceptors (Lipinski definition) is 3. The number of carbonyl (C=O) groups excluding carboxylic acids is 1. The third-order valence-electron chi connectivity index (χ3n) is 3.60. The van der Waals surface area contributed by atoms with Gasteiger partial charge in [-0.2, -0.15) is 0 Å². The molecule has 0 fully saturated rings. The van der Waals surface area contributed by atoms with E-state index in [0.29, 0.717) is 16.7 Å². The van der Waals surface area contributed by atoms with Crippen molar-refractivity contribution in [3.05, 3.63) is 58.6 Å². The number of hydrogen-bond donors (Lipinski definition) is 2. The summed E-state index contributed by atoms with van der Waals surface area (Å²) in [6.45, 7) is 5.97. The number of anilines is 1. The molecule has 2 rings (SSSR count). The van der Waals surface area contributed by atoms with Crippen molar-refractivity contribution >= 4 is 40.5 Å². The summed E-state index contributed by atoms with van der Waals surface area (Å²) in [7, 11) is 0. The summed E-state index contributed by atoms with van der Waals surface area (Å²) in [4.78, 5) is 12.1. The van der Waals surface area contributed by atoms with Crippen LogP contribution in [0, 0.1) is 6.92 Å². The summed E-state index contributed by atoms with van der Waals surface area (Å²) in [6, 6.07) is 13.1. The molecule has 6 heteroatoms. The van der Waals surface area contributed by atoms with Gasteiger partial charge < -0.3 is 10.1 Å². The average molecular weight is 377 g/mol. The number of amides is 1. The first-order valence-electron chi connectivity index (χ1n) is 7.95. The van der Waals surface area contributed by atoms with Gasteiger partial charge in [0.25, 0.3) is 5.91 Å². The highest BCUT2D eigenvalue weighted by molar-refractivity contribution is 7.80. The monoisotopic (exact) mass is 376 g/mol. The minimum Gasteiger partial charge on any atom is -0.483 e. The number of aryl methyl sites for hydroxylation is 1. The zero-order valence-corrected chi connectivity index (χ0v) is 16.0. The lowest BCUT2D eigenvalue weighted by Crippen LogP contribution is -2.37. The fourth-order valence-corrected chi connectivity index (χ4v) is 2.67. The highest BCUT2D eigenvalue weighted by Gasteiger charge is 2.11. The van der Waals surface area contributed by atoms with Crippen molar-refractivity contribution in [3.63, 3.8) is 0 Å². The fourth-order valence-electron chi connectivity index (χ4n) is 2.28. The van der Waals surface area contributed by atoms with E-state index >= 15 is 0 Å². The summed E-state index contributed by atoms with van der Waals surface area (Å²) >= 11 is 11.1. The van der Waals surface area contributed by atoms with Crippen LogP contribution in [0.2, 0.25) is 5.02 Å². The van der Waals surface area contributed by atoms with Gasteiger partial charge in [0.15, 0.2) is 11.7 Å². The Hall–Kier alpha value is -2.11. The van der Waals surface area contributed by atoms with Crippen LogP contribution in [0.5, 0.6) is 5.75 Å². The molecule has 0 radical (unpaired) electrons. The zero-order chi connectivity index (χ0) is 18.4.